The summed E-state index contributed by atoms with van der Waals surface area (Å²) in [6.45, 7) is 5.01. The molecule has 1 aromatic carbocycles. The zero-order valence-corrected chi connectivity index (χ0v) is 20.4. The maximum absolute atomic E-state index is 13.2. The monoisotopic (exact) mass is 489 g/mol. The molecule has 0 radical (unpaired) electrons. The van der Waals surface area contributed by atoms with Gasteiger partial charge in [0, 0.05) is 52.9 Å². The first-order chi connectivity index (χ1) is 17.5. The number of aryl methyl sites for hydroxylation is 1. The fourth-order valence-corrected chi connectivity index (χ4v) is 6.90. The van der Waals surface area contributed by atoms with E-state index in [1.807, 2.05) is 6.07 Å². The van der Waals surface area contributed by atoms with Gasteiger partial charge in [0.05, 0.1) is 19.3 Å². The van der Waals surface area contributed by atoms with E-state index in [0.29, 0.717) is 25.1 Å². The van der Waals surface area contributed by atoms with Crippen LogP contribution >= 0.6 is 0 Å². The highest BCUT2D eigenvalue weighted by Gasteiger charge is 2.47. The third-order valence-electron chi connectivity index (χ3n) is 9.01. The van der Waals surface area contributed by atoms with Crippen LogP contribution in [-0.2, 0) is 41.1 Å². The minimum absolute atomic E-state index is 0.0234. The van der Waals surface area contributed by atoms with Crippen molar-refractivity contribution in [2.75, 3.05) is 19.7 Å². The van der Waals surface area contributed by atoms with Gasteiger partial charge in [0.25, 0.3) is 5.91 Å². The van der Waals surface area contributed by atoms with Gasteiger partial charge in [-0.3, -0.25) is 29.3 Å². The highest BCUT2D eigenvalue weighted by Crippen LogP contribution is 2.49. The van der Waals surface area contributed by atoms with Crippen molar-refractivity contribution < 1.29 is 19.1 Å². The van der Waals surface area contributed by atoms with Crippen LogP contribution in [-0.4, -0.2) is 63.0 Å². The number of rotatable bonds is 3. The van der Waals surface area contributed by atoms with Gasteiger partial charge in [-0.15, -0.1) is 0 Å². The predicted molar refractivity (Wildman–Crippen MR) is 129 cm³/mol. The second kappa shape index (κ2) is 8.16. The topological polar surface area (TPSA) is 96.8 Å². The van der Waals surface area contributed by atoms with Crippen LogP contribution in [0.4, 0.5) is 0 Å². The summed E-state index contributed by atoms with van der Waals surface area (Å²) in [5, 5.41) is 6.98. The summed E-state index contributed by atoms with van der Waals surface area (Å²) in [7, 11) is 0. The molecule has 1 N–H and O–H groups in total. The average molecular weight is 490 g/mol. The molecule has 1 atom stereocenters. The van der Waals surface area contributed by atoms with Gasteiger partial charge in [-0.25, -0.2) is 0 Å². The molecule has 0 bridgehead atoms. The molecular formula is C27H31N5O4. The molecule has 6 heterocycles. The van der Waals surface area contributed by atoms with E-state index in [9.17, 15) is 14.4 Å². The van der Waals surface area contributed by atoms with Crippen molar-refractivity contribution in [3.8, 4) is 5.75 Å². The number of amides is 3. The van der Waals surface area contributed by atoms with Crippen LogP contribution < -0.4 is 10.1 Å². The van der Waals surface area contributed by atoms with Crippen LogP contribution in [0.5, 0.6) is 5.75 Å². The van der Waals surface area contributed by atoms with Gasteiger partial charge in [0.15, 0.2) is 0 Å². The number of hydrogen-bond acceptors (Lipinski definition) is 6. The summed E-state index contributed by atoms with van der Waals surface area (Å²) in [5.41, 5.74) is 5.49. The number of nitrogens with one attached hydrogen (secondary N) is 1. The van der Waals surface area contributed by atoms with Gasteiger partial charge in [-0.05, 0) is 57.7 Å². The molecule has 5 aliphatic heterocycles. The Morgan fingerprint density at radius 3 is 2.78 bits per heavy atom. The number of piperidine rings is 2. The normalized spacial score (nSPS) is 24.9. The van der Waals surface area contributed by atoms with Crippen LogP contribution in [0, 0.1) is 0 Å². The van der Waals surface area contributed by atoms with E-state index < -0.39 is 6.04 Å². The standard InChI is InChI=1S/C27H31N5O4/c33-23-7-6-22(25(34)29-23)31-15-19-18(26(31)35)4-5-20-24(19)36-16-27(20)8-11-30(12-9-27)14-17-13-28-32-10-2-1-3-21(17)32/h4-5,13,22H,1-3,6-12,14-16H2,(H,29,33,34). The van der Waals surface area contributed by atoms with E-state index in [0.717, 1.165) is 56.8 Å². The Morgan fingerprint density at radius 2 is 1.94 bits per heavy atom. The molecule has 188 valence electrons. The Labute approximate surface area is 209 Å². The summed E-state index contributed by atoms with van der Waals surface area (Å²) >= 11 is 0. The van der Waals surface area contributed by atoms with E-state index in [1.165, 1.54) is 29.7 Å². The summed E-state index contributed by atoms with van der Waals surface area (Å²) in [5.74, 6) is 0.0423. The van der Waals surface area contributed by atoms with Gasteiger partial charge < -0.3 is 9.64 Å². The maximum Gasteiger partial charge on any atom is 0.255 e. The van der Waals surface area contributed by atoms with Gasteiger partial charge in [0.2, 0.25) is 11.8 Å². The number of benzene rings is 1. The van der Waals surface area contributed by atoms with E-state index in [2.05, 4.69) is 32.3 Å². The highest BCUT2D eigenvalue weighted by molar-refractivity contribution is 6.05. The molecule has 1 aromatic heterocycles. The number of likely N-dealkylation sites (tertiary alicyclic amines) is 1. The fraction of sp³-hybridized carbons (Fsp3) is 0.556. The first-order valence-corrected chi connectivity index (χ1v) is 13.2. The summed E-state index contributed by atoms with van der Waals surface area (Å²) in [6, 6.07) is 3.40. The molecule has 1 spiro atoms. The molecule has 9 nitrogen and oxygen atoms in total. The number of hydrogen-bond donors (Lipinski definition) is 1. The lowest BCUT2D eigenvalue weighted by Gasteiger charge is -2.38. The SMILES string of the molecule is O=C1CCC(N2Cc3c(ccc4c3OCC43CCN(Cc4cnn5c4CCCC5)CC3)C2=O)C(=O)N1. The lowest BCUT2D eigenvalue weighted by atomic mass is 9.74. The van der Waals surface area contributed by atoms with Crippen LogP contribution in [0.25, 0.3) is 0 Å². The smallest absolute Gasteiger partial charge is 0.255 e. The molecule has 0 saturated carbocycles. The minimum Gasteiger partial charge on any atom is -0.492 e. The second-order valence-corrected chi connectivity index (χ2v) is 11.0. The van der Waals surface area contributed by atoms with Crippen LogP contribution in [0.3, 0.4) is 0 Å². The minimum atomic E-state index is -0.605. The van der Waals surface area contributed by atoms with E-state index >= 15 is 0 Å². The van der Waals surface area contributed by atoms with Gasteiger partial charge in [0.1, 0.15) is 11.8 Å². The zero-order chi connectivity index (χ0) is 24.4. The molecular weight excluding hydrogens is 458 g/mol. The first-order valence-electron chi connectivity index (χ1n) is 13.2. The first kappa shape index (κ1) is 22.0. The molecule has 3 amide bonds. The van der Waals surface area contributed by atoms with Crippen molar-refractivity contribution in [1.29, 1.82) is 0 Å². The van der Waals surface area contributed by atoms with Crippen molar-refractivity contribution in [3.63, 3.8) is 0 Å². The summed E-state index contributed by atoms with van der Waals surface area (Å²) < 4.78 is 8.50. The zero-order valence-electron chi connectivity index (χ0n) is 20.4. The van der Waals surface area contributed by atoms with Gasteiger partial charge >= 0.3 is 0 Å². The molecule has 2 fully saturated rings. The number of fused-ring (bicyclic) bond motifs is 5. The van der Waals surface area contributed by atoms with Gasteiger partial charge in [-0.2, -0.15) is 5.10 Å². The van der Waals surface area contributed by atoms with Crippen LogP contribution in [0.15, 0.2) is 18.3 Å². The molecule has 2 saturated heterocycles. The number of ether oxygens (including phenoxy) is 1. The van der Waals surface area contributed by atoms with Crippen LogP contribution in [0.2, 0.25) is 0 Å². The number of imide groups is 1. The Hall–Kier alpha value is -3.20. The second-order valence-electron chi connectivity index (χ2n) is 11.0. The Kier molecular flexibility index (Phi) is 4.99. The number of nitrogens with zero attached hydrogens (tertiary/aromatic N) is 4. The van der Waals surface area contributed by atoms with Crippen molar-refractivity contribution >= 4 is 17.7 Å². The van der Waals surface area contributed by atoms with E-state index in [1.54, 1.807) is 4.90 Å². The maximum atomic E-state index is 13.2. The molecule has 7 rings (SSSR count). The molecule has 1 unspecified atom stereocenters. The number of aromatic nitrogens is 2. The molecule has 0 aliphatic carbocycles. The Balaban J connectivity index is 1.08. The largest absolute Gasteiger partial charge is 0.492 e. The Bertz CT molecular complexity index is 1280. The quantitative estimate of drug-likeness (QED) is 0.662. The predicted octanol–water partition coefficient (Wildman–Crippen LogP) is 1.91. The number of carbonyl (C=O) groups is 3. The summed E-state index contributed by atoms with van der Waals surface area (Å²) in [6.07, 6.45) is 8.34. The lowest BCUT2D eigenvalue weighted by molar-refractivity contribution is -0.136. The van der Waals surface area contributed by atoms with Crippen LogP contribution in [0.1, 0.15) is 71.3 Å². The van der Waals surface area contributed by atoms with Crippen molar-refractivity contribution in [3.05, 3.63) is 46.3 Å². The molecule has 9 heteroatoms. The summed E-state index contributed by atoms with van der Waals surface area (Å²) in [4.78, 5) is 41.3. The molecule has 5 aliphatic rings. The fourth-order valence-electron chi connectivity index (χ4n) is 6.90. The molecule has 36 heavy (non-hydrogen) atoms. The third-order valence-corrected chi connectivity index (χ3v) is 9.01. The lowest BCUT2D eigenvalue weighted by Crippen LogP contribution is -2.52. The van der Waals surface area contributed by atoms with Crippen molar-refractivity contribution in [2.45, 2.75) is 76.0 Å². The molecule has 2 aromatic rings. The van der Waals surface area contributed by atoms with Gasteiger partial charge in [-0.1, -0.05) is 6.07 Å². The van der Waals surface area contributed by atoms with Crippen molar-refractivity contribution in [1.82, 2.24) is 24.9 Å². The Morgan fingerprint density at radius 1 is 1.08 bits per heavy atom. The highest BCUT2D eigenvalue weighted by atomic mass is 16.5. The average Bonchev–Trinajstić information content (AvgIpc) is 3.56. The van der Waals surface area contributed by atoms with E-state index in [4.69, 9.17) is 4.74 Å². The van der Waals surface area contributed by atoms with E-state index in [-0.39, 0.29) is 29.6 Å². The third kappa shape index (κ3) is 3.32. The van der Waals surface area contributed by atoms with Crippen molar-refractivity contribution in [2.24, 2.45) is 0 Å². The number of carbonyl (C=O) groups excluding carboxylic acids is 3.